The summed E-state index contributed by atoms with van der Waals surface area (Å²) in [4.78, 5) is 29.9. The average molecular weight is 589 g/mol. The first kappa shape index (κ1) is 25.7. The highest BCUT2D eigenvalue weighted by Crippen LogP contribution is 2.38. The van der Waals surface area contributed by atoms with Crippen LogP contribution in [0.25, 0.3) is 6.08 Å². The molecule has 0 saturated carbocycles. The second kappa shape index (κ2) is 11.2. The quantitative estimate of drug-likeness (QED) is 0.171. The van der Waals surface area contributed by atoms with E-state index in [0.717, 1.165) is 10.0 Å². The Morgan fingerprint density at radius 3 is 2.61 bits per heavy atom. The number of carbonyl (C=O) groups excluding carboxylic acids is 1. The number of aliphatic imine (C=N–C) groups is 1. The highest BCUT2D eigenvalue weighted by Gasteiger charge is 2.31. The molecule has 36 heavy (non-hydrogen) atoms. The standard InChI is InChI=1S/C25H19BrClN3O5S/c1-29-24(31)22(36-25(29)28-17-8-11-19(26)20(27)13-17)12-16-4-3-5-21(34-2)23(16)35-14-15-6-9-18(10-7-15)30(32)33/h3-13H,14H2,1-2H3/b22-12+,28-25?. The number of nitro groups is 1. The summed E-state index contributed by atoms with van der Waals surface area (Å²) in [5.41, 5.74) is 2.03. The van der Waals surface area contributed by atoms with Gasteiger partial charge in [-0.2, -0.15) is 0 Å². The largest absolute Gasteiger partial charge is 0.493 e. The molecule has 0 bridgehead atoms. The van der Waals surface area contributed by atoms with Crippen molar-refractivity contribution < 1.29 is 19.2 Å². The molecule has 0 radical (unpaired) electrons. The molecule has 0 aliphatic carbocycles. The number of non-ortho nitro benzene ring substituents is 1. The molecule has 0 N–H and O–H groups in total. The molecule has 8 nitrogen and oxygen atoms in total. The highest BCUT2D eigenvalue weighted by molar-refractivity contribution is 9.10. The molecule has 1 fully saturated rings. The van der Waals surface area contributed by atoms with E-state index in [1.54, 1.807) is 55.6 Å². The smallest absolute Gasteiger partial charge is 0.269 e. The van der Waals surface area contributed by atoms with E-state index < -0.39 is 4.92 Å². The number of halogens is 2. The highest BCUT2D eigenvalue weighted by atomic mass is 79.9. The number of nitro benzene ring substituents is 1. The Kier molecular flexibility index (Phi) is 7.97. The maximum atomic E-state index is 13.0. The molecule has 11 heteroatoms. The van der Waals surface area contributed by atoms with Gasteiger partial charge in [-0.1, -0.05) is 23.7 Å². The number of benzene rings is 3. The lowest BCUT2D eigenvalue weighted by Gasteiger charge is -2.14. The number of rotatable bonds is 7. The van der Waals surface area contributed by atoms with Crippen LogP contribution in [0, 0.1) is 10.1 Å². The molecule has 1 aliphatic heterocycles. The second-order valence-corrected chi connectivity index (χ2v) is 9.83. The molecule has 0 spiro atoms. The van der Waals surface area contributed by atoms with Gasteiger partial charge in [0, 0.05) is 29.2 Å². The third-order valence-electron chi connectivity index (χ3n) is 5.18. The van der Waals surface area contributed by atoms with Crippen LogP contribution in [-0.2, 0) is 11.4 Å². The van der Waals surface area contributed by atoms with E-state index in [4.69, 9.17) is 21.1 Å². The van der Waals surface area contributed by atoms with Crippen LogP contribution in [0.15, 0.2) is 75.0 Å². The van der Waals surface area contributed by atoms with Gasteiger partial charge in [-0.05, 0) is 75.7 Å². The third-order valence-corrected chi connectivity index (χ3v) is 7.47. The zero-order chi connectivity index (χ0) is 25.8. The van der Waals surface area contributed by atoms with Gasteiger partial charge >= 0.3 is 0 Å². The number of hydrogen-bond donors (Lipinski definition) is 0. The molecule has 1 heterocycles. The fraction of sp³-hybridized carbons (Fsp3) is 0.120. The summed E-state index contributed by atoms with van der Waals surface area (Å²) in [6.45, 7) is 0.159. The molecule has 3 aromatic carbocycles. The summed E-state index contributed by atoms with van der Waals surface area (Å²) >= 11 is 10.8. The first-order chi connectivity index (χ1) is 17.3. The Morgan fingerprint density at radius 1 is 1.19 bits per heavy atom. The van der Waals surface area contributed by atoms with Crippen molar-refractivity contribution in [1.82, 2.24) is 4.90 Å². The van der Waals surface area contributed by atoms with Crippen LogP contribution in [-0.4, -0.2) is 35.1 Å². The summed E-state index contributed by atoms with van der Waals surface area (Å²) in [6, 6.07) is 16.8. The van der Waals surface area contributed by atoms with Gasteiger partial charge in [0.2, 0.25) is 0 Å². The van der Waals surface area contributed by atoms with Gasteiger partial charge in [0.25, 0.3) is 11.6 Å². The fourth-order valence-corrected chi connectivity index (χ4v) is 4.69. The van der Waals surface area contributed by atoms with Gasteiger partial charge in [-0.15, -0.1) is 0 Å². The van der Waals surface area contributed by atoms with E-state index in [9.17, 15) is 14.9 Å². The Morgan fingerprint density at radius 2 is 1.94 bits per heavy atom. The lowest BCUT2D eigenvalue weighted by molar-refractivity contribution is -0.384. The molecule has 0 aromatic heterocycles. The van der Waals surface area contributed by atoms with Crippen molar-refractivity contribution >= 4 is 67.8 Å². The number of ether oxygens (including phenoxy) is 2. The minimum Gasteiger partial charge on any atom is -0.493 e. The Labute approximate surface area is 224 Å². The first-order valence-corrected chi connectivity index (χ1v) is 12.5. The number of hydrogen-bond acceptors (Lipinski definition) is 7. The van der Waals surface area contributed by atoms with Crippen molar-refractivity contribution in [3.05, 3.63) is 96.3 Å². The second-order valence-electron chi connectivity index (χ2n) is 7.56. The normalized spacial score (nSPS) is 15.6. The predicted molar refractivity (Wildman–Crippen MR) is 145 cm³/mol. The molecule has 0 unspecified atom stereocenters. The molecule has 1 aliphatic rings. The summed E-state index contributed by atoms with van der Waals surface area (Å²) < 4.78 is 12.3. The molecule has 3 aromatic rings. The molecular weight excluding hydrogens is 570 g/mol. The SMILES string of the molecule is COc1cccc(/C=C2/SC(=Nc3ccc(Br)c(Cl)c3)N(C)C2=O)c1OCc1ccc([N+](=O)[O-])cc1. The third kappa shape index (κ3) is 5.72. The van der Waals surface area contributed by atoms with Gasteiger partial charge in [0.15, 0.2) is 16.7 Å². The Hall–Kier alpha value is -3.34. The van der Waals surface area contributed by atoms with Crippen molar-refractivity contribution in [2.75, 3.05) is 14.2 Å². The van der Waals surface area contributed by atoms with Crippen LogP contribution < -0.4 is 9.47 Å². The molecule has 4 rings (SSSR count). The lowest BCUT2D eigenvalue weighted by atomic mass is 10.1. The molecule has 1 amide bonds. The number of nitrogens with zero attached hydrogens (tertiary/aromatic N) is 3. The molecule has 184 valence electrons. The van der Waals surface area contributed by atoms with E-state index in [0.29, 0.717) is 37.8 Å². The van der Waals surface area contributed by atoms with Crippen LogP contribution in [0.5, 0.6) is 11.5 Å². The summed E-state index contributed by atoms with van der Waals surface area (Å²) in [5, 5.41) is 11.9. The molecule has 0 atom stereocenters. The minimum atomic E-state index is -0.453. The van der Waals surface area contributed by atoms with Crippen LogP contribution in [0.2, 0.25) is 5.02 Å². The van der Waals surface area contributed by atoms with Gasteiger partial charge in [0.1, 0.15) is 6.61 Å². The summed E-state index contributed by atoms with van der Waals surface area (Å²) in [7, 11) is 3.19. The fourth-order valence-electron chi connectivity index (χ4n) is 3.29. The zero-order valence-electron chi connectivity index (χ0n) is 19.1. The Bertz CT molecular complexity index is 1390. The van der Waals surface area contributed by atoms with E-state index in [1.807, 2.05) is 6.07 Å². The van der Waals surface area contributed by atoms with E-state index in [1.165, 1.54) is 35.9 Å². The van der Waals surface area contributed by atoms with E-state index >= 15 is 0 Å². The van der Waals surface area contributed by atoms with Crippen LogP contribution in [0.1, 0.15) is 11.1 Å². The maximum Gasteiger partial charge on any atom is 0.269 e. The molecular formula is C25H19BrClN3O5S. The lowest BCUT2D eigenvalue weighted by Crippen LogP contribution is -2.23. The van der Waals surface area contributed by atoms with Gasteiger partial charge in [0.05, 0.1) is 27.6 Å². The molecule has 1 saturated heterocycles. The number of thioether (sulfide) groups is 1. The number of para-hydroxylation sites is 1. The number of amidine groups is 1. The average Bonchev–Trinajstić information content (AvgIpc) is 3.13. The van der Waals surface area contributed by atoms with E-state index in [2.05, 4.69) is 20.9 Å². The Balaban J connectivity index is 1.60. The van der Waals surface area contributed by atoms with Crippen molar-refractivity contribution in [2.24, 2.45) is 4.99 Å². The first-order valence-electron chi connectivity index (χ1n) is 10.5. The summed E-state index contributed by atoms with van der Waals surface area (Å²) in [6.07, 6.45) is 1.73. The van der Waals surface area contributed by atoms with Crippen molar-refractivity contribution in [3.8, 4) is 11.5 Å². The van der Waals surface area contributed by atoms with Gasteiger partial charge in [-0.3, -0.25) is 19.8 Å². The van der Waals surface area contributed by atoms with E-state index in [-0.39, 0.29) is 18.2 Å². The number of amides is 1. The maximum absolute atomic E-state index is 13.0. The zero-order valence-corrected chi connectivity index (χ0v) is 22.3. The van der Waals surface area contributed by atoms with Crippen molar-refractivity contribution in [1.29, 1.82) is 0 Å². The van der Waals surface area contributed by atoms with Gasteiger partial charge < -0.3 is 9.47 Å². The number of carbonyl (C=O) groups is 1. The summed E-state index contributed by atoms with van der Waals surface area (Å²) in [5.74, 6) is 0.742. The monoisotopic (exact) mass is 587 g/mol. The van der Waals surface area contributed by atoms with Gasteiger partial charge in [-0.25, -0.2) is 4.99 Å². The number of likely N-dealkylation sites (N-methyl/N-ethyl adjacent to an activating group) is 1. The van der Waals surface area contributed by atoms with Crippen LogP contribution in [0.4, 0.5) is 11.4 Å². The minimum absolute atomic E-state index is 0.00484. The van der Waals surface area contributed by atoms with Crippen molar-refractivity contribution in [3.63, 3.8) is 0 Å². The number of methoxy groups -OCH3 is 1. The van der Waals surface area contributed by atoms with Crippen LogP contribution in [0.3, 0.4) is 0 Å². The van der Waals surface area contributed by atoms with Crippen LogP contribution >= 0.6 is 39.3 Å². The topological polar surface area (TPSA) is 94.3 Å². The predicted octanol–water partition coefficient (Wildman–Crippen LogP) is 6.83. The van der Waals surface area contributed by atoms with Crippen molar-refractivity contribution in [2.45, 2.75) is 6.61 Å².